The number of hydrogen-bond donors (Lipinski definition) is 5. The van der Waals surface area contributed by atoms with Crippen molar-refractivity contribution < 1.29 is 39.8 Å². The second-order valence-corrected chi connectivity index (χ2v) is 9.72. The fourth-order valence-electron chi connectivity index (χ4n) is 5.06. The van der Waals surface area contributed by atoms with Crippen LogP contribution in [0.5, 0.6) is 34.5 Å². The SMILES string of the molecule is COc1cc(CCC(=O)C(Cc2cccc(O)c2)C(O)CCc2ccc(O)c3c2CCCO3)cc(O)c1O. The summed E-state index contributed by atoms with van der Waals surface area (Å²) in [6.07, 6.45) is 2.19. The van der Waals surface area contributed by atoms with Gasteiger partial charge in [0.15, 0.2) is 23.0 Å². The van der Waals surface area contributed by atoms with Gasteiger partial charge in [-0.15, -0.1) is 0 Å². The summed E-state index contributed by atoms with van der Waals surface area (Å²) in [5.41, 5.74) is 3.28. The number of carbonyl (C=O) groups excluding carboxylic acids is 1. The Labute approximate surface area is 221 Å². The number of carbonyl (C=O) groups is 1. The first-order valence-electron chi connectivity index (χ1n) is 12.8. The molecular formula is C30H34O8. The predicted octanol–water partition coefficient (Wildman–Crippen LogP) is 4.20. The first kappa shape index (κ1) is 27.1. The highest BCUT2D eigenvalue weighted by molar-refractivity contribution is 5.82. The van der Waals surface area contributed by atoms with Crippen LogP contribution in [-0.2, 0) is 30.5 Å². The van der Waals surface area contributed by atoms with Crippen molar-refractivity contribution in [3.05, 3.63) is 70.8 Å². The lowest BCUT2D eigenvalue weighted by Crippen LogP contribution is -2.31. The summed E-state index contributed by atoms with van der Waals surface area (Å²) in [7, 11) is 1.38. The molecule has 0 saturated carbocycles. The van der Waals surface area contributed by atoms with E-state index in [-0.39, 0.29) is 53.8 Å². The number of aromatic hydroxyl groups is 4. The van der Waals surface area contributed by atoms with Crippen molar-refractivity contribution in [3.8, 4) is 34.5 Å². The number of rotatable bonds is 11. The van der Waals surface area contributed by atoms with E-state index in [0.29, 0.717) is 30.8 Å². The van der Waals surface area contributed by atoms with Crippen LogP contribution in [-0.4, -0.2) is 51.1 Å². The predicted molar refractivity (Wildman–Crippen MR) is 141 cm³/mol. The molecule has 0 aromatic heterocycles. The Hall–Kier alpha value is -3.91. The summed E-state index contributed by atoms with van der Waals surface area (Å²) < 4.78 is 10.7. The van der Waals surface area contributed by atoms with Gasteiger partial charge >= 0.3 is 0 Å². The van der Waals surface area contributed by atoms with Crippen LogP contribution >= 0.6 is 0 Å². The lowest BCUT2D eigenvalue weighted by Gasteiger charge is -2.24. The van der Waals surface area contributed by atoms with Gasteiger partial charge in [0, 0.05) is 17.9 Å². The molecule has 2 unspecified atom stereocenters. The van der Waals surface area contributed by atoms with Gasteiger partial charge < -0.3 is 35.0 Å². The highest BCUT2D eigenvalue weighted by atomic mass is 16.5. The third-order valence-corrected chi connectivity index (χ3v) is 7.10. The van der Waals surface area contributed by atoms with Gasteiger partial charge in [-0.05, 0) is 85.5 Å². The monoisotopic (exact) mass is 522 g/mol. The van der Waals surface area contributed by atoms with Gasteiger partial charge in [-0.1, -0.05) is 18.2 Å². The van der Waals surface area contributed by atoms with Gasteiger partial charge in [0.05, 0.1) is 19.8 Å². The van der Waals surface area contributed by atoms with Gasteiger partial charge in [0.25, 0.3) is 0 Å². The summed E-state index contributed by atoms with van der Waals surface area (Å²) in [4.78, 5) is 13.4. The van der Waals surface area contributed by atoms with Crippen molar-refractivity contribution >= 4 is 5.78 Å². The van der Waals surface area contributed by atoms with E-state index in [9.17, 15) is 30.3 Å². The molecule has 1 aliphatic rings. The van der Waals surface area contributed by atoms with Gasteiger partial charge in [0.1, 0.15) is 11.5 Å². The average molecular weight is 523 g/mol. The number of ketones is 1. The number of fused-ring (bicyclic) bond motifs is 1. The molecule has 0 fully saturated rings. The van der Waals surface area contributed by atoms with Crippen molar-refractivity contribution in [2.75, 3.05) is 13.7 Å². The maximum absolute atomic E-state index is 13.4. The highest BCUT2D eigenvalue weighted by Crippen LogP contribution is 2.38. The molecule has 202 valence electrons. The first-order chi connectivity index (χ1) is 18.3. The standard InChI is InChI=1S/C30H34O8/c1-37-28-17-19(16-27(35)29(28)36)7-10-24(32)23(15-18-4-2-5-21(31)14-18)25(33)11-8-20-9-12-26(34)30-22(20)6-3-13-38-30/h2,4-5,9,12,14,16-17,23,25,31,33-36H,3,6-8,10-11,13,15H2,1H3. The molecule has 38 heavy (non-hydrogen) atoms. The largest absolute Gasteiger partial charge is 0.508 e. The van der Waals surface area contributed by atoms with Crippen molar-refractivity contribution in [3.63, 3.8) is 0 Å². The number of Topliss-reactive ketones (excluding diaryl/α,β-unsaturated/α-hetero) is 1. The Kier molecular flexibility index (Phi) is 8.63. The van der Waals surface area contributed by atoms with E-state index < -0.39 is 12.0 Å². The summed E-state index contributed by atoms with van der Waals surface area (Å²) in [5.74, 6) is -0.736. The molecular weight excluding hydrogens is 488 g/mol. The lowest BCUT2D eigenvalue weighted by molar-refractivity contribution is -0.126. The quantitative estimate of drug-likeness (QED) is 0.236. The molecule has 0 radical (unpaired) electrons. The van der Waals surface area contributed by atoms with Crippen LogP contribution in [0, 0.1) is 5.92 Å². The van der Waals surface area contributed by atoms with Crippen LogP contribution in [0.4, 0.5) is 0 Å². The Morgan fingerprint density at radius 1 is 1.00 bits per heavy atom. The molecule has 2 atom stereocenters. The van der Waals surface area contributed by atoms with Crippen LogP contribution in [0.1, 0.15) is 41.5 Å². The van der Waals surface area contributed by atoms with Crippen molar-refractivity contribution in [2.24, 2.45) is 5.92 Å². The van der Waals surface area contributed by atoms with Crippen molar-refractivity contribution in [2.45, 2.75) is 51.0 Å². The zero-order valence-corrected chi connectivity index (χ0v) is 21.4. The normalized spacial score (nSPS) is 14.3. The summed E-state index contributed by atoms with van der Waals surface area (Å²) in [6.45, 7) is 0.553. The van der Waals surface area contributed by atoms with Gasteiger partial charge in [-0.25, -0.2) is 0 Å². The number of aliphatic hydroxyl groups is 1. The van der Waals surface area contributed by atoms with Crippen molar-refractivity contribution in [1.82, 2.24) is 0 Å². The smallest absolute Gasteiger partial charge is 0.200 e. The molecule has 0 bridgehead atoms. The number of aryl methyl sites for hydroxylation is 2. The maximum atomic E-state index is 13.4. The summed E-state index contributed by atoms with van der Waals surface area (Å²) in [6, 6.07) is 13.0. The van der Waals surface area contributed by atoms with E-state index in [1.807, 2.05) is 12.1 Å². The fourth-order valence-corrected chi connectivity index (χ4v) is 5.06. The second-order valence-electron chi connectivity index (χ2n) is 9.72. The number of phenols is 4. The van der Waals surface area contributed by atoms with Crippen LogP contribution < -0.4 is 9.47 Å². The van der Waals surface area contributed by atoms with E-state index in [1.54, 1.807) is 30.3 Å². The van der Waals surface area contributed by atoms with E-state index in [0.717, 1.165) is 29.5 Å². The number of benzene rings is 3. The Morgan fingerprint density at radius 2 is 1.82 bits per heavy atom. The molecule has 0 amide bonds. The number of aliphatic hydroxyl groups excluding tert-OH is 1. The minimum absolute atomic E-state index is 0.0885. The minimum Gasteiger partial charge on any atom is -0.508 e. The number of ether oxygens (including phenoxy) is 2. The molecule has 5 N–H and O–H groups in total. The van der Waals surface area contributed by atoms with E-state index in [2.05, 4.69) is 0 Å². The molecule has 3 aromatic carbocycles. The number of methoxy groups -OCH3 is 1. The summed E-state index contributed by atoms with van der Waals surface area (Å²) in [5, 5.41) is 51.1. The van der Waals surface area contributed by atoms with Crippen LogP contribution in [0.25, 0.3) is 0 Å². The Morgan fingerprint density at radius 3 is 2.58 bits per heavy atom. The zero-order chi connectivity index (χ0) is 27.2. The van der Waals surface area contributed by atoms with Crippen LogP contribution in [0.15, 0.2) is 48.5 Å². The molecule has 0 saturated heterocycles. The van der Waals surface area contributed by atoms with Crippen LogP contribution in [0.3, 0.4) is 0 Å². The van der Waals surface area contributed by atoms with E-state index >= 15 is 0 Å². The number of phenolic OH excluding ortho intramolecular Hbond substituents is 4. The minimum atomic E-state index is -0.943. The number of hydrogen-bond acceptors (Lipinski definition) is 8. The van der Waals surface area contributed by atoms with E-state index in [1.165, 1.54) is 13.2 Å². The highest BCUT2D eigenvalue weighted by Gasteiger charge is 2.28. The van der Waals surface area contributed by atoms with E-state index in [4.69, 9.17) is 9.47 Å². The molecule has 8 nitrogen and oxygen atoms in total. The molecule has 4 rings (SSSR count). The molecule has 3 aromatic rings. The second kappa shape index (κ2) is 12.1. The topological polar surface area (TPSA) is 137 Å². The average Bonchev–Trinajstić information content (AvgIpc) is 2.91. The molecule has 0 aliphatic carbocycles. The summed E-state index contributed by atoms with van der Waals surface area (Å²) >= 11 is 0. The van der Waals surface area contributed by atoms with Gasteiger partial charge in [-0.2, -0.15) is 0 Å². The maximum Gasteiger partial charge on any atom is 0.200 e. The molecule has 1 aliphatic heterocycles. The van der Waals surface area contributed by atoms with Crippen LogP contribution in [0.2, 0.25) is 0 Å². The third-order valence-electron chi connectivity index (χ3n) is 7.10. The lowest BCUT2D eigenvalue weighted by atomic mass is 9.84. The zero-order valence-electron chi connectivity index (χ0n) is 21.4. The van der Waals surface area contributed by atoms with Gasteiger partial charge in [-0.3, -0.25) is 4.79 Å². The molecule has 8 heteroatoms. The Bertz CT molecular complexity index is 1290. The molecule has 0 spiro atoms. The first-order valence-corrected chi connectivity index (χ1v) is 12.8. The third kappa shape index (κ3) is 6.31. The van der Waals surface area contributed by atoms with Gasteiger partial charge in [0.2, 0.25) is 5.75 Å². The fraction of sp³-hybridized carbons (Fsp3) is 0.367. The molecule has 1 heterocycles. The Balaban J connectivity index is 1.50. The van der Waals surface area contributed by atoms with Crippen molar-refractivity contribution in [1.29, 1.82) is 0 Å².